The minimum Gasteiger partial charge on any atom is -0.268 e. The number of imidazole rings is 1. The Morgan fingerprint density at radius 2 is 1.35 bits per heavy atom. The molecular formula is C20H14N2O. The molecule has 3 heteroatoms. The van der Waals surface area contributed by atoms with Gasteiger partial charge in [0, 0.05) is 11.1 Å². The van der Waals surface area contributed by atoms with Crippen LogP contribution in [0.25, 0.3) is 22.4 Å². The molecule has 110 valence electrons. The molecule has 0 aliphatic carbocycles. The molecule has 0 unspecified atom stereocenters. The van der Waals surface area contributed by atoms with E-state index >= 15 is 0 Å². The van der Waals surface area contributed by atoms with Crippen molar-refractivity contribution in [2.45, 2.75) is 0 Å². The van der Waals surface area contributed by atoms with Gasteiger partial charge in [-0.2, -0.15) is 0 Å². The summed E-state index contributed by atoms with van der Waals surface area (Å²) in [5.74, 6) is 0.596. The first-order valence-corrected chi connectivity index (χ1v) is 7.47. The van der Waals surface area contributed by atoms with Gasteiger partial charge in [0.05, 0.1) is 11.0 Å². The molecule has 0 radical (unpaired) electrons. The summed E-state index contributed by atoms with van der Waals surface area (Å²) in [5, 5.41) is 0. The van der Waals surface area contributed by atoms with Crippen molar-refractivity contribution in [3.05, 3.63) is 90.5 Å². The predicted octanol–water partition coefficient (Wildman–Crippen LogP) is 4.39. The minimum atomic E-state index is -0.0712. The molecule has 3 nitrogen and oxygen atoms in total. The third kappa shape index (κ3) is 2.32. The largest absolute Gasteiger partial charge is 0.268 e. The Balaban J connectivity index is 1.99. The molecule has 0 atom stereocenters. The Hall–Kier alpha value is -3.20. The Morgan fingerprint density at radius 1 is 0.739 bits per heavy atom. The maximum absolute atomic E-state index is 13.0. The second kappa shape index (κ2) is 5.54. The predicted molar refractivity (Wildman–Crippen MR) is 91.3 cm³/mol. The zero-order chi connectivity index (χ0) is 15.6. The first-order chi connectivity index (χ1) is 11.3. The van der Waals surface area contributed by atoms with E-state index in [9.17, 15) is 4.79 Å². The van der Waals surface area contributed by atoms with E-state index in [1.54, 1.807) is 4.57 Å². The van der Waals surface area contributed by atoms with E-state index in [-0.39, 0.29) is 5.91 Å². The van der Waals surface area contributed by atoms with Crippen LogP contribution in [0.1, 0.15) is 10.4 Å². The fourth-order valence-electron chi connectivity index (χ4n) is 2.72. The Morgan fingerprint density at radius 3 is 2.09 bits per heavy atom. The lowest BCUT2D eigenvalue weighted by atomic mass is 10.2. The van der Waals surface area contributed by atoms with Crippen molar-refractivity contribution >= 4 is 16.9 Å². The van der Waals surface area contributed by atoms with Gasteiger partial charge in [-0.1, -0.05) is 60.7 Å². The molecule has 0 saturated carbocycles. The molecule has 1 heterocycles. The molecule has 4 aromatic rings. The third-order valence-electron chi connectivity index (χ3n) is 3.82. The van der Waals surface area contributed by atoms with Crippen LogP contribution in [0.5, 0.6) is 0 Å². The number of hydrogen-bond donors (Lipinski definition) is 0. The van der Waals surface area contributed by atoms with E-state index in [0.717, 1.165) is 16.6 Å². The van der Waals surface area contributed by atoms with Crippen LogP contribution in [0.2, 0.25) is 0 Å². The molecule has 0 bridgehead atoms. The average Bonchev–Trinajstić information content (AvgIpc) is 3.02. The Bertz CT molecular complexity index is 972. The van der Waals surface area contributed by atoms with Gasteiger partial charge in [0.25, 0.3) is 5.91 Å². The van der Waals surface area contributed by atoms with Crippen LogP contribution in [0.15, 0.2) is 84.9 Å². The van der Waals surface area contributed by atoms with Gasteiger partial charge < -0.3 is 0 Å². The molecule has 3 aromatic carbocycles. The van der Waals surface area contributed by atoms with Gasteiger partial charge in [-0.25, -0.2) is 4.98 Å². The van der Waals surface area contributed by atoms with Crippen LogP contribution in [-0.2, 0) is 0 Å². The molecule has 1 aromatic heterocycles. The van der Waals surface area contributed by atoms with Crippen LogP contribution < -0.4 is 0 Å². The molecule has 0 N–H and O–H groups in total. The Kier molecular flexibility index (Phi) is 3.24. The highest BCUT2D eigenvalue weighted by Gasteiger charge is 2.18. The number of rotatable bonds is 2. The number of hydrogen-bond acceptors (Lipinski definition) is 2. The first-order valence-electron chi connectivity index (χ1n) is 7.47. The van der Waals surface area contributed by atoms with Crippen LogP contribution >= 0.6 is 0 Å². The maximum Gasteiger partial charge on any atom is 0.264 e. The van der Waals surface area contributed by atoms with Crippen LogP contribution in [0, 0.1) is 0 Å². The molecule has 0 spiro atoms. The lowest BCUT2D eigenvalue weighted by Crippen LogP contribution is -2.13. The summed E-state index contributed by atoms with van der Waals surface area (Å²) < 4.78 is 1.69. The van der Waals surface area contributed by atoms with Crippen LogP contribution in [0.3, 0.4) is 0 Å². The number of carbonyl (C=O) groups is 1. The van der Waals surface area contributed by atoms with Crippen molar-refractivity contribution in [3.63, 3.8) is 0 Å². The van der Waals surface area contributed by atoms with E-state index in [0.29, 0.717) is 11.4 Å². The van der Waals surface area contributed by atoms with Crippen molar-refractivity contribution in [1.82, 2.24) is 9.55 Å². The van der Waals surface area contributed by atoms with Crippen molar-refractivity contribution in [1.29, 1.82) is 0 Å². The summed E-state index contributed by atoms with van der Waals surface area (Å²) in [7, 11) is 0. The summed E-state index contributed by atoms with van der Waals surface area (Å²) >= 11 is 0. The third-order valence-corrected chi connectivity index (χ3v) is 3.82. The smallest absolute Gasteiger partial charge is 0.264 e. The normalized spacial score (nSPS) is 10.8. The van der Waals surface area contributed by atoms with Crippen molar-refractivity contribution < 1.29 is 4.79 Å². The van der Waals surface area contributed by atoms with Crippen molar-refractivity contribution in [3.8, 4) is 11.4 Å². The van der Waals surface area contributed by atoms with Crippen molar-refractivity contribution in [2.24, 2.45) is 0 Å². The molecular weight excluding hydrogens is 284 g/mol. The monoisotopic (exact) mass is 298 g/mol. The topological polar surface area (TPSA) is 34.9 Å². The van der Waals surface area contributed by atoms with E-state index in [1.807, 2.05) is 84.9 Å². The number of aromatic nitrogens is 2. The van der Waals surface area contributed by atoms with E-state index in [1.165, 1.54) is 0 Å². The van der Waals surface area contributed by atoms with Gasteiger partial charge in [0.15, 0.2) is 0 Å². The maximum atomic E-state index is 13.0. The molecule has 0 aliphatic heterocycles. The quantitative estimate of drug-likeness (QED) is 0.550. The molecule has 4 rings (SSSR count). The van der Waals surface area contributed by atoms with Gasteiger partial charge in [0.2, 0.25) is 0 Å². The second-order valence-corrected chi connectivity index (χ2v) is 5.30. The summed E-state index contributed by atoms with van der Waals surface area (Å²) in [5.41, 5.74) is 3.21. The molecule has 23 heavy (non-hydrogen) atoms. The summed E-state index contributed by atoms with van der Waals surface area (Å²) in [6.07, 6.45) is 0. The lowest BCUT2D eigenvalue weighted by molar-refractivity contribution is 0.0966. The lowest BCUT2D eigenvalue weighted by Gasteiger charge is -2.08. The SMILES string of the molecule is O=C(c1ccccc1)n1c(-c2ccccc2)nc2ccccc21. The second-order valence-electron chi connectivity index (χ2n) is 5.30. The Labute approximate surface area is 133 Å². The molecule has 0 fully saturated rings. The molecule has 0 saturated heterocycles. The van der Waals surface area contributed by atoms with Gasteiger partial charge in [-0.15, -0.1) is 0 Å². The number of fused-ring (bicyclic) bond motifs is 1. The summed E-state index contributed by atoms with van der Waals surface area (Å²) in [6, 6.07) is 26.8. The number of carbonyl (C=O) groups excluding carboxylic acids is 1. The van der Waals surface area contributed by atoms with Crippen molar-refractivity contribution in [2.75, 3.05) is 0 Å². The fraction of sp³-hybridized carbons (Fsp3) is 0. The van der Waals surface area contributed by atoms with Gasteiger partial charge >= 0.3 is 0 Å². The number of benzene rings is 3. The van der Waals surface area contributed by atoms with Crippen LogP contribution in [-0.4, -0.2) is 15.5 Å². The number of nitrogens with zero attached hydrogens (tertiary/aromatic N) is 2. The zero-order valence-corrected chi connectivity index (χ0v) is 12.4. The standard InChI is InChI=1S/C20H14N2O/c23-20(16-11-5-2-6-12-16)22-18-14-8-7-13-17(18)21-19(22)15-9-3-1-4-10-15/h1-14H. The first kappa shape index (κ1) is 13.5. The van der Waals surface area contributed by atoms with E-state index in [2.05, 4.69) is 4.98 Å². The average molecular weight is 298 g/mol. The van der Waals surface area contributed by atoms with Gasteiger partial charge in [0.1, 0.15) is 5.82 Å². The highest BCUT2D eigenvalue weighted by Crippen LogP contribution is 2.25. The van der Waals surface area contributed by atoms with Gasteiger partial charge in [-0.05, 0) is 24.3 Å². The van der Waals surface area contributed by atoms with E-state index < -0.39 is 0 Å². The van der Waals surface area contributed by atoms with E-state index in [4.69, 9.17) is 0 Å². The number of para-hydroxylation sites is 2. The minimum absolute atomic E-state index is 0.0712. The highest BCUT2D eigenvalue weighted by molar-refractivity contribution is 6.04. The fourth-order valence-corrected chi connectivity index (χ4v) is 2.72. The summed E-state index contributed by atoms with van der Waals surface area (Å²) in [4.78, 5) is 17.7. The van der Waals surface area contributed by atoms with Gasteiger partial charge in [-0.3, -0.25) is 9.36 Å². The summed E-state index contributed by atoms with van der Waals surface area (Å²) in [6.45, 7) is 0. The van der Waals surface area contributed by atoms with Crippen LogP contribution in [0.4, 0.5) is 0 Å². The molecule has 0 amide bonds. The zero-order valence-electron chi connectivity index (χ0n) is 12.4. The molecule has 0 aliphatic rings. The highest BCUT2D eigenvalue weighted by atomic mass is 16.2.